The minimum Gasteiger partial charge on any atom is -0.483 e. The van der Waals surface area contributed by atoms with Crippen LogP contribution in [0.3, 0.4) is 0 Å². The highest BCUT2D eigenvalue weighted by molar-refractivity contribution is 7.91. The number of ether oxygens (including phenoxy) is 3. The van der Waals surface area contributed by atoms with Gasteiger partial charge in [-0.15, -0.1) is 0 Å². The summed E-state index contributed by atoms with van der Waals surface area (Å²) in [7, 11) is -2.46. The molecular weight excluding hydrogens is 753 g/mol. The first-order valence-corrected chi connectivity index (χ1v) is 22.0. The molecule has 3 aliphatic carbocycles. The average molecular weight is 807 g/mol. The summed E-state index contributed by atoms with van der Waals surface area (Å²) in [6, 6.07) is 1.52. The van der Waals surface area contributed by atoms with Crippen molar-refractivity contribution in [3.63, 3.8) is 0 Å². The van der Waals surface area contributed by atoms with Crippen LogP contribution in [0.2, 0.25) is 0 Å². The van der Waals surface area contributed by atoms with E-state index in [2.05, 4.69) is 20.3 Å². The molecule has 0 unspecified atom stereocenters. The third-order valence-corrected chi connectivity index (χ3v) is 15.7. The zero-order valence-electron chi connectivity index (χ0n) is 33.3. The quantitative estimate of drug-likeness (QED) is 0.350. The van der Waals surface area contributed by atoms with Gasteiger partial charge in [0, 0.05) is 24.0 Å². The number of aromatic nitrogens is 2. The molecule has 0 bridgehead atoms. The van der Waals surface area contributed by atoms with E-state index < -0.39 is 73.3 Å². The van der Waals surface area contributed by atoms with Crippen LogP contribution in [0.1, 0.15) is 115 Å². The summed E-state index contributed by atoms with van der Waals surface area (Å²) in [6.45, 7) is 5.38. The van der Waals surface area contributed by atoms with Crippen LogP contribution in [0.4, 0.5) is 4.79 Å². The van der Waals surface area contributed by atoms with Gasteiger partial charge in [0.1, 0.15) is 34.6 Å². The lowest BCUT2D eigenvalue weighted by Crippen LogP contribution is -2.70. The lowest BCUT2D eigenvalue weighted by atomic mass is 9.65. The summed E-state index contributed by atoms with van der Waals surface area (Å²) in [4.78, 5) is 68.1. The molecule has 0 aromatic carbocycles. The highest BCUT2D eigenvalue weighted by Gasteiger charge is 2.59. The highest BCUT2D eigenvalue weighted by atomic mass is 32.2. The predicted octanol–water partition coefficient (Wildman–Crippen LogP) is 4.43. The average Bonchev–Trinajstić information content (AvgIpc) is 3.82. The Labute approximate surface area is 333 Å². The fourth-order valence-corrected chi connectivity index (χ4v) is 10.5. The van der Waals surface area contributed by atoms with Crippen LogP contribution in [0.25, 0.3) is 11.0 Å². The van der Waals surface area contributed by atoms with Gasteiger partial charge in [-0.25, -0.2) is 23.2 Å². The third-order valence-electron chi connectivity index (χ3n) is 13.5. The molecule has 57 heavy (non-hydrogen) atoms. The van der Waals surface area contributed by atoms with Crippen molar-refractivity contribution in [2.75, 3.05) is 13.7 Å². The molecule has 3 saturated carbocycles. The zero-order chi connectivity index (χ0) is 40.4. The fraction of sp³-hybridized carbons (Fsp3) is 0.659. The molecule has 4 amide bonds. The molecule has 2 aromatic rings. The maximum absolute atomic E-state index is 14.9. The number of methoxy groups -OCH3 is 1. The Morgan fingerprint density at radius 1 is 1.00 bits per heavy atom. The zero-order valence-corrected chi connectivity index (χ0v) is 34.1. The number of allylic oxidation sites excluding steroid dienone is 1. The van der Waals surface area contributed by atoms with E-state index in [4.69, 9.17) is 19.2 Å². The van der Waals surface area contributed by atoms with Crippen LogP contribution >= 0.6 is 0 Å². The number of alkyl carbamates (subject to hydrolysis) is 1. The molecule has 15 nitrogen and oxygen atoms in total. The molecule has 8 rings (SSSR count). The number of carbonyl (C=O) groups is 4. The largest absolute Gasteiger partial charge is 0.483 e. The van der Waals surface area contributed by atoms with E-state index in [0.29, 0.717) is 79.7 Å². The number of nitrogens with zero attached hydrogens (tertiary/aromatic N) is 3. The van der Waals surface area contributed by atoms with Crippen molar-refractivity contribution in [2.24, 2.45) is 5.92 Å². The number of hydrogen-bond acceptors (Lipinski definition) is 11. The van der Waals surface area contributed by atoms with E-state index in [-0.39, 0.29) is 19.4 Å². The summed E-state index contributed by atoms with van der Waals surface area (Å²) in [5, 5.41) is 5.87. The smallest absolute Gasteiger partial charge is 0.408 e. The minimum atomic E-state index is -4.01. The molecule has 0 radical (unpaired) electrons. The standard InChI is InChI=1S/C41H54N6O9S/c1-25-33-27(32-28(42-25)13-14-31(44-32)54-4)16-19-40(55-33)23-30-34(48)45-41(36(50)46-57(52,53)39(3)21-22-39)20-15-26(41)11-8-6-5-7-9-12-29(35(49)47(30)24-40)43-37(51)56-38(2)17-10-18-38/h8,11,13-14,26,29-30H,5-7,9-10,12,15-24H2,1-4H3,(H,43,51)(H,45,48)(H,46,50)/b11-8-/t26-,29+,30+,40-,41-/m1/s1. The number of nitrogens with one attached hydrogen (secondary N) is 3. The van der Waals surface area contributed by atoms with Crippen molar-refractivity contribution in [3.8, 4) is 11.6 Å². The SMILES string of the molecule is COc1ccc2nc(C)c3c(c2n1)CC[C@]1(C[C@H]2C(=O)N[C@]4(C(=O)NS(=O)(=O)C5(C)CC5)CC[C@H]4/C=C\CCCCC[C@H](NC(=O)OC4(C)CCC4)C(=O)N2C1)O3. The van der Waals surface area contributed by atoms with Crippen LogP contribution in [0, 0.1) is 12.8 Å². The molecule has 2 aromatic heterocycles. The lowest BCUT2D eigenvalue weighted by molar-refractivity contribution is -0.144. The summed E-state index contributed by atoms with van der Waals surface area (Å²) in [5.74, 6) is -1.28. The normalized spacial score (nSPS) is 31.0. The van der Waals surface area contributed by atoms with Gasteiger partial charge in [-0.2, -0.15) is 0 Å². The number of pyridine rings is 2. The number of rotatable bonds is 6. The number of hydrogen-bond donors (Lipinski definition) is 3. The van der Waals surface area contributed by atoms with Crippen LogP contribution < -0.4 is 24.8 Å². The highest BCUT2D eigenvalue weighted by Crippen LogP contribution is 2.47. The van der Waals surface area contributed by atoms with Gasteiger partial charge in [0.25, 0.3) is 5.91 Å². The second kappa shape index (κ2) is 14.4. The molecule has 5 heterocycles. The topological polar surface area (TPSA) is 195 Å². The molecule has 6 aliphatic rings. The molecular formula is C41H54N6O9S. The minimum absolute atomic E-state index is 0.0343. The maximum atomic E-state index is 14.9. The molecule has 1 spiro atoms. The Balaban J connectivity index is 1.14. The number of amides is 4. The van der Waals surface area contributed by atoms with Crippen molar-refractivity contribution < 1.29 is 41.8 Å². The fourth-order valence-electron chi connectivity index (χ4n) is 9.19. The molecule has 5 atom stereocenters. The Morgan fingerprint density at radius 3 is 2.47 bits per heavy atom. The van der Waals surface area contributed by atoms with Crippen molar-refractivity contribution in [2.45, 2.75) is 151 Å². The second-order valence-corrected chi connectivity index (χ2v) is 19.8. The van der Waals surface area contributed by atoms with Gasteiger partial charge in [-0.1, -0.05) is 25.0 Å². The van der Waals surface area contributed by atoms with E-state index in [1.807, 2.05) is 32.1 Å². The summed E-state index contributed by atoms with van der Waals surface area (Å²) in [6.07, 6.45) is 11.7. The van der Waals surface area contributed by atoms with Crippen molar-refractivity contribution in [1.29, 1.82) is 0 Å². The Morgan fingerprint density at radius 2 is 1.79 bits per heavy atom. The van der Waals surface area contributed by atoms with Gasteiger partial charge in [0.05, 0.1) is 35.1 Å². The van der Waals surface area contributed by atoms with Crippen molar-refractivity contribution in [3.05, 3.63) is 35.5 Å². The van der Waals surface area contributed by atoms with E-state index in [1.165, 1.54) is 4.90 Å². The lowest BCUT2D eigenvalue weighted by Gasteiger charge is -2.48. The van der Waals surface area contributed by atoms with Crippen LogP contribution in [0.15, 0.2) is 24.3 Å². The molecule has 308 valence electrons. The van der Waals surface area contributed by atoms with Crippen LogP contribution in [0.5, 0.6) is 11.6 Å². The molecule has 1 saturated heterocycles. The first kappa shape index (κ1) is 39.4. The van der Waals surface area contributed by atoms with E-state index in [9.17, 15) is 27.6 Å². The summed E-state index contributed by atoms with van der Waals surface area (Å²) >= 11 is 0. The number of fused-ring (bicyclic) bond motifs is 5. The molecule has 4 fully saturated rings. The van der Waals surface area contributed by atoms with E-state index in [1.54, 1.807) is 20.1 Å². The monoisotopic (exact) mass is 806 g/mol. The van der Waals surface area contributed by atoms with Crippen LogP contribution in [-0.2, 0) is 35.6 Å². The van der Waals surface area contributed by atoms with Gasteiger partial charge >= 0.3 is 6.09 Å². The van der Waals surface area contributed by atoms with E-state index >= 15 is 0 Å². The Hall–Kier alpha value is -4.47. The maximum Gasteiger partial charge on any atom is 0.408 e. The van der Waals surface area contributed by atoms with Gasteiger partial charge in [-0.3, -0.25) is 19.1 Å². The van der Waals surface area contributed by atoms with Crippen molar-refractivity contribution >= 4 is 44.9 Å². The van der Waals surface area contributed by atoms with Gasteiger partial charge in [0.2, 0.25) is 27.7 Å². The van der Waals surface area contributed by atoms with E-state index in [0.717, 1.165) is 37.7 Å². The van der Waals surface area contributed by atoms with Gasteiger partial charge in [-0.05, 0) is 104 Å². The van der Waals surface area contributed by atoms with Gasteiger partial charge < -0.3 is 29.7 Å². The Bertz CT molecular complexity index is 2130. The second-order valence-electron chi connectivity index (χ2n) is 17.6. The first-order valence-electron chi connectivity index (χ1n) is 20.5. The van der Waals surface area contributed by atoms with Crippen LogP contribution in [-0.4, -0.2) is 94.3 Å². The molecule has 3 N–H and O–H groups in total. The third kappa shape index (κ3) is 7.20. The number of aryl methyl sites for hydroxylation is 2. The van der Waals surface area contributed by atoms with Crippen molar-refractivity contribution in [1.82, 2.24) is 30.2 Å². The summed E-state index contributed by atoms with van der Waals surface area (Å²) in [5.41, 5.74) is -0.294. The van der Waals surface area contributed by atoms with Gasteiger partial charge in [0.15, 0.2) is 0 Å². The number of sulfonamides is 1. The molecule has 3 aliphatic heterocycles. The first-order chi connectivity index (χ1) is 27.1. The summed E-state index contributed by atoms with van der Waals surface area (Å²) < 4.78 is 46.0. The predicted molar refractivity (Wildman–Crippen MR) is 209 cm³/mol. The number of carbonyl (C=O) groups excluding carboxylic acids is 4. The Kier molecular flexibility index (Phi) is 9.96. The molecule has 16 heteroatoms.